The molecule has 1 aliphatic heterocycles. The van der Waals surface area contributed by atoms with E-state index in [4.69, 9.17) is 10.5 Å². The normalized spacial score (nSPS) is 17.5. The molecule has 1 atom stereocenters. The predicted octanol–water partition coefficient (Wildman–Crippen LogP) is 1.90. The Morgan fingerprint density at radius 1 is 1.38 bits per heavy atom. The molecule has 2 rings (SSSR count). The van der Waals surface area contributed by atoms with Gasteiger partial charge in [0.25, 0.3) is 0 Å². The van der Waals surface area contributed by atoms with E-state index in [2.05, 4.69) is 19.2 Å². The standard InChI is InChI=1S/C16H25N3O2/c1-12-3-5-15(6-4-12)21-11-13(2)18-14-7-9-19(10-8-14)16(17)20/h3-6,13-14,18H,7-11H2,1-2H3,(H2,17,20). The largest absolute Gasteiger partial charge is 0.492 e. The van der Waals surface area contributed by atoms with Crippen LogP contribution in [0, 0.1) is 6.92 Å². The van der Waals surface area contributed by atoms with Crippen LogP contribution < -0.4 is 15.8 Å². The number of benzene rings is 1. The molecule has 0 bridgehead atoms. The van der Waals surface area contributed by atoms with E-state index in [1.807, 2.05) is 24.3 Å². The summed E-state index contributed by atoms with van der Waals surface area (Å²) in [7, 11) is 0. The number of nitrogens with one attached hydrogen (secondary N) is 1. The lowest BCUT2D eigenvalue weighted by molar-refractivity contribution is 0.177. The average molecular weight is 291 g/mol. The van der Waals surface area contributed by atoms with Crippen LogP contribution in [0.3, 0.4) is 0 Å². The molecule has 5 nitrogen and oxygen atoms in total. The minimum absolute atomic E-state index is 0.274. The van der Waals surface area contributed by atoms with Crippen molar-refractivity contribution in [3.8, 4) is 5.75 Å². The number of carbonyl (C=O) groups excluding carboxylic acids is 1. The molecule has 1 unspecified atom stereocenters. The maximum absolute atomic E-state index is 11.1. The van der Waals surface area contributed by atoms with Gasteiger partial charge in [-0.3, -0.25) is 0 Å². The van der Waals surface area contributed by atoms with Gasteiger partial charge in [0, 0.05) is 25.2 Å². The molecule has 5 heteroatoms. The number of primary amides is 1. The first-order chi connectivity index (χ1) is 10.0. The molecule has 0 aliphatic carbocycles. The monoisotopic (exact) mass is 291 g/mol. The number of ether oxygens (including phenoxy) is 1. The number of amides is 2. The van der Waals surface area contributed by atoms with E-state index in [1.165, 1.54) is 5.56 Å². The Morgan fingerprint density at radius 2 is 2.00 bits per heavy atom. The van der Waals surface area contributed by atoms with Gasteiger partial charge in [-0.1, -0.05) is 17.7 Å². The fourth-order valence-electron chi connectivity index (χ4n) is 2.57. The molecule has 0 radical (unpaired) electrons. The fourth-order valence-corrected chi connectivity index (χ4v) is 2.57. The quantitative estimate of drug-likeness (QED) is 0.870. The number of urea groups is 1. The van der Waals surface area contributed by atoms with Gasteiger partial charge in [-0.2, -0.15) is 0 Å². The Labute approximate surface area is 126 Å². The molecule has 1 aromatic carbocycles. The Kier molecular flexibility index (Phi) is 5.44. The number of hydrogen-bond donors (Lipinski definition) is 2. The van der Waals surface area contributed by atoms with E-state index in [0.29, 0.717) is 12.6 Å². The third-order valence-corrected chi connectivity index (χ3v) is 3.85. The first-order valence-corrected chi connectivity index (χ1v) is 7.54. The third kappa shape index (κ3) is 4.93. The van der Waals surface area contributed by atoms with Crippen LogP contribution in [0.4, 0.5) is 4.79 Å². The van der Waals surface area contributed by atoms with E-state index >= 15 is 0 Å². The second kappa shape index (κ2) is 7.31. The lowest BCUT2D eigenvalue weighted by Crippen LogP contribution is -2.49. The molecule has 1 saturated heterocycles. The molecule has 1 aromatic rings. The molecule has 2 amide bonds. The smallest absolute Gasteiger partial charge is 0.314 e. The first-order valence-electron chi connectivity index (χ1n) is 7.54. The van der Waals surface area contributed by atoms with E-state index in [0.717, 1.165) is 31.7 Å². The van der Waals surface area contributed by atoms with Crippen molar-refractivity contribution >= 4 is 6.03 Å². The maximum atomic E-state index is 11.1. The highest BCUT2D eigenvalue weighted by atomic mass is 16.5. The highest BCUT2D eigenvalue weighted by Crippen LogP contribution is 2.13. The van der Waals surface area contributed by atoms with Crippen LogP contribution >= 0.6 is 0 Å². The minimum Gasteiger partial charge on any atom is -0.492 e. The van der Waals surface area contributed by atoms with E-state index in [1.54, 1.807) is 4.90 Å². The number of nitrogens with two attached hydrogens (primary N) is 1. The summed E-state index contributed by atoms with van der Waals surface area (Å²) in [6.45, 7) is 6.29. The van der Waals surface area contributed by atoms with E-state index < -0.39 is 0 Å². The molecular formula is C16H25N3O2. The zero-order valence-electron chi connectivity index (χ0n) is 12.8. The van der Waals surface area contributed by atoms with Crippen LogP contribution in [-0.2, 0) is 0 Å². The molecular weight excluding hydrogens is 266 g/mol. The molecule has 0 aromatic heterocycles. The summed E-state index contributed by atoms with van der Waals surface area (Å²) in [6.07, 6.45) is 1.88. The summed E-state index contributed by atoms with van der Waals surface area (Å²) in [5, 5.41) is 3.56. The van der Waals surface area contributed by atoms with E-state index in [9.17, 15) is 4.79 Å². The topological polar surface area (TPSA) is 67.6 Å². The Bertz CT molecular complexity index is 453. The number of hydrogen-bond acceptors (Lipinski definition) is 3. The second-order valence-electron chi connectivity index (χ2n) is 5.79. The Balaban J connectivity index is 1.69. The number of carbonyl (C=O) groups is 1. The van der Waals surface area contributed by atoms with Gasteiger partial charge >= 0.3 is 6.03 Å². The zero-order chi connectivity index (χ0) is 15.2. The molecule has 0 spiro atoms. The summed E-state index contributed by atoms with van der Waals surface area (Å²) in [6, 6.07) is 8.47. The van der Waals surface area contributed by atoms with Gasteiger partial charge in [-0.05, 0) is 38.8 Å². The van der Waals surface area contributed by atoms with Crippen molar-refractivity contribution in [3.05, 3.63) is 29.8 Å². The van der Waals surface area contributed by atoms with Gasteiger partial charge < -0.3 is 20.7 Å². The summed E-state index contributed by atoms with van der Waals surface area (Å²) in [4.78, 5) is 12.8. The number of aryl methyl sites for hydroxylation is 1. The molecule has 116 valence electrons. The Morgan fingerprint density at radius 3 is 2.57 bits per heavy atom. The molecule has 1 fully saturated rings. The van der Waals surface area contributed by atoms with Crippen LogP contribution in [0.15, 0.2) is 24.3 Å². The summed E-state index contributed by atoms with van der Waals surface area (Å²) >= 11 is 0. The van der Waals surface area contributed by atoms with Gasteiger partial charge in [0.05, 0.1) is 0 Å². The number of likely N-dealkylation sites (tertiary alicyclic amines) is 1. The van der Waals surface area contributed by atoms with Crippen molar-refractivity contribution in [2.24, 2.45) is 5.73 Å². The second-order valence-corrected chi connectivity index (χ2v) is 5.79. The predicted molar refractivity (Wildman–Crippen MR) is 83.5 cm³/mol. The van der Waals surface area contributed by atoms with Gasteiger partial charge in [-0.15, -0.1) is 0 Å². The number of rotatable bonds is 5. The molecule has 0 saturated carbocycles. The lowest BCUT2D eigenvalue weighted by Gasteiger charge is -2.32. The highest BCUT2D eigenvalue weighted by molar-refractivity contribution is 5.72. The highest BCUT2D eigenvalue weighted by Gasteiger charge is 2.22. The number of piperidine rings is 1. The summed E-state index contributed by atoms with van der Waals surface area (Å²) in [5.74, 6) is 0.901. The SMILES string of the molecule is Cc1ccc(OCC(C)NC2CCN(C(N)=O)CC2)cc1. The van der Waals surface area contributed by atoms with Crippen LogP contribution in [0.25, 0.3) is 0 Å². The van der Waals surface area contributed by atoms with Crippen molar-refractivity contribution in [1.29, 1.82) is 0 Å². The minimum atomic E-state index is -0.316. The first kappa shape index (κ1) is 15.6. The van der Waals surface area contributed by atoms with Crippen molar-refractivity contribution < 1.29 is 9.53 Å². The Hall–Kier alpha value is -1.75. The van der Waals surface area contributed by atoms with Crippen LogP contribution in [0.2, 0.25) is 0 Å². The van der Waals surface area contributed by atoms with Gasteiger partial charge in [0.2, 0.25) is 0 Å². The number of nitrogens with zero attached hydrogens (tertiary/aromatic N) is 1. The van der Waals surface area contributed by atoms with Gasteiger partial charge in [0.1, 0.15) is 12.4 Å². The van der Waals surface area contributed by atoms with Crippen LogP contribution in [0.5, 0.6) is 5.75 Å². The summed E-state index contributed by atoms with van der Waals surface area (Å²) < 4.78 is 5.78. The van der Waals surface area contributed by atoms with E-state index in [-0.39, 0.29) is 12.1 Å². The molecule has 3 N–H and O–H groups in total. The van der Waals surface area contributed by atoms with Crippen LogP contribution in [-0.4, -0.2) is 42.7 Å². The average Bonchev–Trinajstić information content (AvgIpc) is 2.47. The summed E-state index contributed by atoms with van der Waals surface area (Å²) in [5.41, 5.74) is 6.51. The third-order valence-electron chi connectivity index (χ3n) is 3.85. The van der Waals surface area contributed by atoms with Gasteiger partial charge in [-0.25, -0.2) is 4.79 Å². The zero-order valence-corrected chi connectivity index (χ0v) is 12.8. The van der Waals surface area contributed by atoms with Crippen molar-refractivity contribution in [1.82, 2.24) is 10.2 Å². The molecule has 21 heavy (non-hydrogen) atoms. The van der Waals surface area contributed by atoms with Crippen LogP contribution in [0.1, 0.15) is 25.3 Å². The maximum Gasteiger partial charge on any atom is 0.314 e. The lowest BCUT2D eigenvalue weighted by atomic mass is 10.0. The van der Waals surface area contributed by atoms with Crippen molar-refractivity contribution in [3.63, 3.8) is 0 Å². The van der Waals surface area contributed by atoms with Crippen molar-refractivity contribution in [2.75, 3.05) is 19.7 Å². The fraction of sp³-hybridized carbons (Fsp3) is 0.562. The molecule has 1 heterocycles. The molecule has 1 aliphatic rings. The van der Waals surface area contributed by atoms with Gasteiger partial charge in [0.15, 0.2) is 0 Å². The van der Waals surface area contributed by atoms with Crippen molar-refractivity contribution in [2.45, 2.75) is 38.8 Å².